The maximum Gasteiger partial charge on any atom is 0.231 e. The Bertz CT molecular complexity index is 463. The van der Waals surface area contributed by atoms with Crippen LogP contribution in [0.4, 0.5) is 0 Å². The van der Waals surface area contributed by atoms with Gasteiger partial charge >= 0.3 is 0 Å². The van der Waals surface area contributed by atoms with Crippen molar-refractivity contribution < 1.29 is 14.6 Å². The van der Waals surface area contributed by atoms with Crippen LogP contribution in [0.3, 0.4) is 0 Å². The third kappa shape index (κ3) is 2.55. The van der Waals surface area contributed by atoms with Crippen molar-refractivity contribution in [3.05, 3.63) is 23.8 Å². The summed E-state index contributed by atoms with van der Waals surface area (Å²) in [6, 6.07) is 6.23. The molecule has 0 amide bonds. The van der Waals surface area contributed by atoms with Crippen LogP contribution < -0.4 is 9.47 Å². The van der Waals surface area contributed by atoms with Gasteiger partial charge in [-0.3, -0.25) is 4.90 Å². The molecule has 1 saturated heterocycles. The smallest absolute Gasteiger partial charge is 0.231 e. The second-order valence-corrected chi connectivity index (χ2v) is 5.77. The molecule has 0 aliphatic carbocycles. The molecule has 4 nitrogen and oxygen atoms in total. The van der Waals surface area contributed by atoms with Crippen LogP contribution in [0.25, 0.3) is 0 Å². The first kappa shape index (κ1) is 12.8. The number of β-amino-alcohol motifs (C(OH)–C–C–N with tert-alkyl or cyclic N) is 1. The molecule has 1 fully saturated rings. The average molecular weight is 263 g/mol. The summed E-state index contributed by atoms with van der Waals surface area (Å²) in [7, 11) is 0. The number of ether oxygens (including phenoxy) is 2. The van der Waals surface area contributed by atoms with Crippen molar-refractivity contribution >= 4 is 0 Å². The molecule has 0 bridgehead atoms. The minimum atomic E-state index is -0.470. The normalized spacial score (nSPS) is 27.7. The number of aliphatic hydroxyl groups is 1. The van der Waals surface area contributed by atoms with Crippen molar-refractivity contribution in [3.8, 4) is 11.5 Å². The number of nitrogens with zero attached hydrogens (tertiary/aromatic N) is 1. The Morgan fingerprint density at radius 3 is 2.84 bits per heavy atom. The first-order valence-corrected chi connectivity index (χ1v) is 6.95. The predicted octanol–water partition coefficient (Wildman–Crippen LogP) is 2.18. The minimum Gasteiger partial charge on any atom is -0.454 e. The summed E-state index contributed by atoms with van der Waals surface area (Å²) in [4.78, 5) is 2.36. The molecule has 4 heteroatoms. The summed E-state index contributed by atoms with van der Waals surface area (Å²) in [5.74, 6) is 2.22. The van der Waals surface area contributed by atoms with Gasteiger partial charge in [0, 0.05) is 19.1 Å². The zero-order chi connectivity index (χ0) is 13.4. The fourth-order valence-electron chi connectivity index (χ4n) is 3.09. The van der Waals surface area contributed by atoms with Gasteiger partial charge in [-0.15, -0.1) is 0 Å². The van der Waals surface area contributed by atoms with Crippen LogP contribution in [0.1, 0.15) is 31.9 Å². The number of benzene rings is 1. The van der Waals surface area contributed by atoms with Gasteiger partial charge in [0.2, 0.25) is 6.79 Å². The average Bonchev–Trinajstić information content (AvgIpc) is 2.95. The Morgan fingerprint density at radius 1 is 1.32 bits per heavy atom. The summed E-state index contributed by atoms with van der Waals surface area (Å²) in [5, 5.41) is 10.4. The van der Waals surface area contributed by atoms with Gasteiger partial charge in [0.25, 0.3) is 0 Å². The Morgan fingerprint density at radius 2 is 2.11 bits per heavy atom. The molecule has 2 aliphatic rings. The predicted molar refractivity (Wildman–Crippen MR) is 72.3 cm³/mol. The maximum absolute atomic E-state index is 10.4. The number of hydrogen-bond donors (Lipinski definition) is 1. The monoisotopic (exact) mass is 263 g/mol. The summed E-state index contributed by atoms with van der Waals surface area (Å²) in [6.45, 7) is 6.53. The molecule has 3 rings (SSSR count). The van der Waals surface area contributed by atoms with Crippen molar-refractivity contribution in [1.29, 1.82) is 0 Å². The lowest BCUT2D eigenvalue weighted by Crippen LogP contribution is -2.31. The van der Waals surface area contributed by atoms with Gasteiger partial charge < -0.3 is 14.6 Å². The van der Waals surface area contributed by atoms with E-state index in [2.05, 4.69) is 18.7 Å². The number of aliphatic hydroxyl groups excluding tert-OH is 1. The lowest BCUT2D eigenvalue weighted by atomic mass is 10.1. The lowest BCUT2D eigenvalue weighted by molar-refractivity contribution is 0.108. The van der Waals surface area contributed by atoms with Gasteiger partial charge in [-0.1, -0.05) is 13.0 Å². The number of likely N-dealkylation sites (tertiary alicyclic amines) is 1. The van der Waals surface area contributed by atoms with Crippen LogP contribution in [0.2, 0.25) is 0 Å². The highest BCUT2D eigenvalue weighted by Crippen LogP contribution is 2.35. The minimum absolute atomic E-state index is 0.273. The van der Waals surface area contributed by atoms with Gasteiger partial charge in [-0.2, -0.15) is 0 Å². The van der Waals surface area contributed by atoms with Gasteiger partial charge in [0.1, 0.15) is 0 Å². The van der Waals surface area contributed by atoms with Crippen LogP contribution in [0, 0.1) is 5.92 Å². The van der Waals surface area contributed by atoms with Gasteiger partial charge in [-0.25, -0.2) is 0 Å². The highest BCUT2D eigenvalue weighted by molar-refractivity contribution is 5.45. The summed E-state index contributed by atoms with van der Waals surface area (Å²) in [5.41, 5.74) is 0.899. The first-order chi connectivity index (χ1) is 9.13. The Balaban J connectivity index is 1.68. The van der Waals surface area contributed by atoms with E-state index in [1.165, 1.54) is 6.42 Å². The van der Waals surface area contributed by atoms with E-state index in [9.17, 15) is 5.11 Å². The van der Waals surface area contributed by atoms with Crippen LogP contribution in [0.15, 0.2) is 18.2 Å². The summed E-state index contributed by atoms with van der Waals surface area (Å²) >= 11 is 0. The number of fused-ring (bicyclic) bond motifs is 1. The molecule has 3 atom stereocenters. The molecular formula is C15H21NO3. The lowest BCUT2D eigenvalue weighted by Gasteiger charge is -2.24. The molecule has 0 spiro atoms. The zero-order valence-corrected chi connectivity index (χ0v) is 11.5. The largest absolute Gasteiger partial charge is 0.454 e. The van der Waals surface area contributed by atoms with E-state index in [0.717, 1.165) is 29.5 Å². The van der Waals surface area contributed by atoms with Crippen LogP contribution >= 0.6 is 0 Å². The SMILES string of the molecule is CC1CC(C)N(CC(O)c2ccc3c(c2)OCO3)C1. The standard InChI is InChI=1S/C15H21NO3/c1-10-5-11(2)16(7-10)8-13(17)12-3-4-14-15(6-12)19-9-18-14/h3-4,6,10-11,13,17H,5,7-9H2,1-2H3. The van der Waals surface area contributed by atoms with Gasteiger partial charge in [-0.05, 0) is 37.0 Å². The number of rotatable bonds is 3. The topological polar surface area (TPSA) is 41.9 Å². The molecular weight excluding hydrogens is 242 g/mol. The van der Waals surface area contributed by atoms with Gasteiger partial charge in [0.05, 0.1) is 6.10 Å². The Labute approximate surface area is 113 Å². The molecule has 1 N–H and O–H groups in total. The first-order valence-electron chi connectivity index (χ1n) is 6.95. The molecule has 19 heavy (non-hydrogen) atoms. The quantitative estimate of drug-likeness (QED) is 0.907. The highest BCUT2D eigenvalue weighted by Gasteiger charge is 2.28. The highest BCUT2D eigenvalue weighted by atomic mass is 16.7. The van der Waals surface area contributed by atoms with E-state index in [1.54, 1.807) is 0 Å². The van der Waals surface area contributed by atoms with Gasteiger partial charge in [0.15, 0.2) is 11.5 Å². The maximum atomic E-state index is 10.4. The van der Waals surface area contributed by atoms with Crippen LogP contribution in [-0.4, -0.2) is 35.9 Å². The Hall–Kier alpha value is -1.26. The molecule has 2 heterocycles. The third-order valence-corrected chi connectivity index (χ3v) is 4.10. The van der Waals surface area contributed by atoms with Crippen molar-refractivity contribution in [2.24, 2.45) is 5.92 Å². The van der Waals surface area contributed by atoms with Crippen molar-refractivity contribution in [3.63, 3.8) is 0 Å². The van der Waals surface area contributed by atoms with Crippen LogP contribution in [-0.2, 0) is 0 Å². The molecule has 0 aromatic heterocycles. The van der Waals surface area contributed by atoms with Crippen LogP contribution in [0.5, 0.6) is 11.5 Å². The molecule has 1 aromatic rings. The Kier molecular flexibility index (Phi) is 3.37. The molecule has 1 aromatic carbocycles. The van der Waals surface area contributed by atoms with E-state index in [4.69, 9.17) is 9.47 Å². The zero-order valence-electron chi connectivity index (χ0n) is 11.5. The molecule has 2 aliphatic heterocycles. The molecule has 0 saturated carbocycles. The van der Waals surface area contributed by atoms with E-state index in [0.29, 0.717) is 12.6 Å². The fourth-order valence-corrected chi connectivity index (χ4v) is 3.09. The number of hydrogen-bond acceptors (Lipinski definition) is 4. The second kappa shape index (κ2) is 5.02. The molecule has 104 valence electrons. The van der Waals surface area contributed by atoms with E-state index >= 15 is 0 Å². The summed E-state index contributed by atoms with van der Waals surface area (Å²) in [6.07, 6.45) is 0.746. The molecule has 0 radical (unpaired) electrons. The van der Waals surface area contributed by atoms with Crippen molar-refractivity contribution in [2.75, 3.05) is 19.9 Å². The third-order valence-electron chi connectivity index (χ3n) is 4.10. The second-order valence-electron chi connectivity index (χ2n) is 5.77. The van der Waals surface area contributed by atoms with E-state index in [1.807, 2.05) is 18.2 Å². The molecule has 3 unspecified atom stereocenters. The fraction of sp³-hybridized carbons (Fsp3) is 0.600. The van der Waals surface area contributed by atoms with E-state index < -0.39 is 6.10 Å². The summed E-state index contributed by atoms with van der Waals surface area (Å²) < 4.78 is 10.6. The van der Waals surface area contributed by atoms with Crippen molar-refractivity contribution in [2.45, 2.75) is 32.4 Å². The van der Waals surface area contributed by atoms with Crippen molar-refractivity contribution in [1.82, 2.24) is 4.90 Å². The van der Waals surface area contributed by atoms with E-state index in [-0.39, 0.29) is 6.79 Å².